The van der Waals surface area contributed by atoms with E-state index in [1.54, 1.807) is 0 Å². The molecule has 0 spiro atoms. The first-order chi connectivity index (χ1) is 11.8. The standard InChI is InChI=1S/C21H24ClNO/c22-19(16-10-4-1-5-11-16)20(23-18-14-8-3-9-15-18)21(24)17-12-6-2-7-13-17/h1-2,4-7,10-13,18-20,23H,3,8-9,14-15H2. The number of ketones is 1. The van der Waals surface area contributed by atoms with Crippen LogP contribution in [0.25, 0.3) is 0 Å². The van der Waals surface area contributed by atoms with Crippen molar-refractivity contribution in [3.8, 4) is 0 Å². The topological polar surface area (TPSA) is 29.1 Å². The summed E-state index contributed by atoms with van der Waals surface area (Å²) in [5.41, 5.74) is 1.70. The fourth-order valence-electron chi connectivity index (χ4n) is 3.43. The van der Waals surface area contributed by atoms with Crippen LogP contribution in [0.1, 0.15) is 53.4 Å². The van der Waals surface area contributed by atoms with E-state index in [4.69, 9.17) is 11.6 Å². The molecule has 1 aliphatic rings. The van der Waals surface area contributed by atoms with Gasteiger partial charge in [-0.25, -0.2) is 0 Å². The van der Waals surface area contributed by atoms with Gasteiger partial charge in [-0.05, 0) is 18.4 Å². The summed E-state index contributed by atoms with van der Waals surface area (Å²) < 4.78 is 0. The molecule has 0 radical (unpaired) electrons. The van der Waals surface area contributed by atoms with Crippen LogP contribution >= 0.6 is 11.6 Å². The van der Waals surface area contributed by atoms with E-state index < -0.39 is 6.04 Å². The third-order valence-electron chi connectivity index (χ3n) is 4.77. The first kappa shape index (κ1) is 17.2. The zero-order chi connectivity index (χ0) is 16.8. The fourth-order valence-corrected chi connectivity index (χ4v) is 3.76. The van der Waals surface area contributed by atoms with E-state index in [0.29, 0.717) is 11.6 Å². The normalized spacial score (nSPS) is 18.0. The van der Waals surface area contributed by atoms with Crippen LogP contribution in [0, 0.1) is 0 Å². The second-order valence-corrected chi connectivity index (χ2v) is 6.99. The Morgan fingerprint density at radius 3 is 2.12 bits per heavy atom. The Hall–Kier alpha value is -1.64. The molecule has 0 aliphatic heterocycles. The molecule has 24 heavy (non-hydrogen) atoms. The minimum atomic E-state index is -0.403. The predicted molar refractivity (Wildman–Crippen MR) is 99.6 cm³/mol. The summed E-state index contributed by atoms with van der Waals surface area (Å²) in [6.07, 6.45) is 5.98. The van der Waals surface area contributed by atoms with E-state index in [-0.39, 0.29) is 11.2 Å². The van der Waals surface area contributed by atoms with Gasteiger partial charge in [-0.3, -0.25) is 4.79 Å². The zero-order valence-electron chi connectivity index (χ0n) is 13.8. The van der Waals surface area contributed by atoms with Crippen LogP contribution in [0.3, 0.4) is 0 Å². The van der Waals surface area contributed by atoms with Crippen molar-refractivity contribution in [1.82, 2.24) is 5.32 Å². The summed E-state index contributed by atoms with van der Waals surface area (Å²) >= 11 is 6.75. The second kappa shape index (κ2) is 8.46. The van der Waals surface area contributed by atoms with E-state index in [2.05, 4.69) is 5.32 Å². The van der Waals surface area contributed by atoms with Gasteiger partial charge in [-0.2, -0.15) is 0 Å². The molecule has 3 heteroatoms. The minimum absolute atomic E-state index is 0.0741. The number of rotatable bonds is 6. The molecule has 1 fully saturated rings. The molecule has 1 saturated carbocycles. The molecule has 2 aromatic carbocycles. The number of alkyl halides is 1. The minimum Gasteiger partial charge on any atom is -0.303 e. The molecule has 2 aromatic rings. The average Bonchev–Trinajstić information content (AvgIpc) is 2.67. The maximum atomic E-state index is 13.1. The SMILES string of the molecule is O=C(c1ccccc1)C(NC1CCCCC1)C(Cl)c1ccccc1. The van der Waals surface area contributed by atoms with Gasteiger partial charge in [0.05, 0.1) is 11.4 Å². The molecule has 0 amide bonds. The molecule has 0 saturated heterocycles. The third kappa shape index (κ3) is 4.25. The largest absolute Gasteiger partial charge is 0.303 e. The quantitative estimate of drug-likeness (QED) is 0.582. The van der Waals surface area contributed by atoms with Crippen molar-refractivity contribution >= 4 is 17.4 Å². The lowest BCUT2D eigenvalue weighted by Crippen LogP contribution is -2.46. The highest BCUT2D eigenvalue weighted by atomic mass is 35.5. The number of hydrogen-bond acceptors (Lipinski definition) is 2. The molecule has 0 bridgehead atoms. The number of hydrogen-bond donors (Lipinski definition) is 1. The number of nitrogens with one attached hydrogen (secondary N) is 1. The van der Waals surface area contributed by atoms with Crippen molar-refractivity contribution in [3.63, 3.8) is 0 Å². The summed E-state index contributed by atoms with van der Waals surface area (Å²) in [6.45, 7) is 0. The average molecular weight is 342 g/mol. The molecule has 1 N–H and O–H groups in total. The number of halogens is 1. The molecule has 3 rings (SSSR count). The first-order valence-electron chi connectivity index (χ1n) is 8.80. The van der Waals surface area contributed by atoms with Gasteiger partial charge in [-0.1, -0.05) is 79.9 Å². The molecule has 2 nitrogen and oxygen atoms in total. The van der Waals surface area contributed by atoms with Gasteiger partial charge in [0.1, 0.15) is 0 Å². The van der Waals surface area contributed by atoms with Gasteiger partial charge in [0.25, 0.3) is 0 Å². The molecule has 0 aromatic heterocycles. The smallest absolute Gasteiger partial charge is 0.181 e. The van der Waals surface area contributed by atoms with Gasteiger partial charge < -0.3 is 5.32 Å². The Morgan fingerprint density at radius 2 is 1.50 bits per heavy atom. The summed E-state index contributed by atoms with van der Waals surface area (Å²) in [5.74, 6) is 0.0741. The van der Waals surface area contributed by atoms with E-state index >= 15 is 0 Å². The maximum absolute atomic E-state index is 13.1. The summed E-state index contributed by atoms with van der Waals surface area (Å²) in [7, 11) is 0. The first-order valence-corrected chi connectivity index (χ1v) is 9.23. The van der Waals surface area contributed by atoms with Gasteiger partial charge in [0, 0.05) is 11.6 Å². The number of benzene rings is 2. The van der Waals surface area contributed by atoms with Crippen LogP contribution in [0.4, 0.5) is 0 Å². The van der Waals surface area contributed by atoms with Crippen molar-refractivity contribution in [2.24, 2.45) is 0 Å². The molecule has 126 valence electrons. The number of carbonyl (C=O) groups is 1. The van der Waals surface area contributed by atoms with E-state index in [9.17, 15) is 4.79 Å². The summed E-state index contributed by atoms with van der Waals surface area (Å²) in [5, 5.41) is 3.20. The third-order valence-corrected chi connectivity index (χ3v) is 5.28. The Labute approximate surface area is 149 Å². The van der Waals surface area contributed by atoms with Gasteiger partial charge >= 0.3 is 0 Å². The van der Waals surface area contributed by atoms with Crippen molar-refractivity contribution in [1.29, 1.82) is 0 Å². The van der Waals surface area contributed by atoms with Crippen LogP contribution in [-0.4, -0.2) is 17.9 Å². The van der Waals surface area contributed by atoms with Gasteiger partial charge in [0.15, 0.2) is 5.78 Å². The Balaban J connectivity index is 1.83. The van der Waals surface area contributed by atoms with E-state index in [1.807, 2.05) is 60.7 Å². The lowest BCUT2D eigenvalue weighted by Gasteiger charge is -2.30. The Bertz CT molecular complexity index is 637. The highest BCUT2D eigenvalue weighted by molar-refractivity contribution is 6.24. The monoisotopic (exact) mass is 341 g/mol. The Morgan fingerprint density at radius 1 is 0.917 bits per heavy atom. The molecule has 2 unspecified atom stereocenters. The van der Waals surface area contributed by atoms with Crippen LogP contribution < -0.4 is 5.32 Å². The van der Waals surface area contributed by atoms with E-state index in [1.165, 1.54) is 19.3 Å². The van der Waals surface area contributed by atoms with Crippen molar-refractivity contribution < 1.29 is 4.79 Å². The molecular formula is C21H24ClNO. The van der Waals surface area contributed by atoms with Crippen molar-refractivity contribution in [2.45, 2.75) is 49.6 Å². The van der Waals surface area contributed by atoms with Gasteiger partial charge in [0.2, 0.25) is 0 Å². The van der Waals surface area contributed by atoms with Crippen molar-refractivity contribution in [2.75, 3.05) is 0 Å². The molecular weight excluding hydrogens is 318 g/mol. The van der Waals surface area contributed by atoms with E-state index in [0.717, 1.165) is 18.4 Å². The highest BCUT2D eigenvalue weighted by Crippen LogP contribution is 2.28. The fraction of sp³-hybridized carbons (Fsp3) is 0.381. The predicted octanol–water partition coefficient (Wildman–Crippen LogP) is 5.14. The van der Waals surface area contributed by atoms with Crippen LogP contribution in [0.5, 0.6) is 0 Å². The molecule has 2 atom stereocenters. The molecule has 1 aliphatic carbocycles. The second-order valence-electron chi connectivity index (χ2n) is 6.52. The molecule has 0 heterocycles. The van der Waals surface area contributed by atoms with Crippen LogP contribution in [-0.2, 0) is 0 Å². The van der Waals surface area contributed by atoms with Crippen LogP contribution in [0.15, 0.2) is 60.7 Å². The number of Topliss-reactive ketones (excluding diaryl/α,β-unsaturated/α-hetero) is 1. The lowest BCUT2D eigenvalue weighted by molar-refractivity contribution is 0.0928. The summed E-state index contributed by atoms with van der Waals surface area (Å²) in [6, 6.07) is 19.3. The summed E-state index contributed by atoms with van der Waals surface area (Å²) in [4.78, 5) is 13.1. The maximum Gasteiger partial charge on any atom is 0.181 e. The number of carbonyl (C=O) groups excluding carboxylic acids is 1. The lowest BCUT2D eigenvalue weighted by atomic mass is 9.91. The van der Waals surface area contributed by atoms with Crippen molar-refractivity contribution in [3.05, 3.63) is 71.8 Å². The zero-order valence-corrected chi connectivity index (χ0v) is 14.6. The highest BCUT2D eigenvalue weighted by Gasteiger charge is 2.31. The van der Waals surface area contributed by atoms with Crippen LogP contribution in [0.2, 0.25) is 0 Å². The van der Waals surface area contributed by atoms with Gasteiger partial charge in [-0.15, -0.1) is 11.6 Å². The Kier molecular flexibility index (Phi) is 6.06.